The summed E-state index contributed by atoms with van der Waals surface area (Å²) in [5, 5.41) is 3.48. The van der Waals surface area contributed by atoms with E-state index in [9.17, 15) is 0 Å². The standard InChI is InChI=1S/C23H39N3O3/c1-18-16-19(2)20(3)22(17-18)29-14-6-10-25-23(24-4)26-11-8-21(9-12-26)28-15-7-13-27-5/h16-17,21H,6-15H2,1-5H3,(H,24,25). The third-order valence-corrected chi connectivity index (χ3v) is 5.43. The zero-order chi connectivity index (χ0) is 21.1. The monoisotopic (exact) mass is 405 g/mol. The van der Waals surface area contributed by atoms with Crippen molar-refractivity contribution in [2.75, 3.05) is 53.6 Å². The van der Waals surface area contributed by atoms with Crippen LogP contribution in [-0.4, -0.2) is 70.6 Å². The Balaban J connectivity index is 1.65. The van der Waals surface area contributed by atoms with Crippen molar-refractivity contribution in [2.45, 2.75) is 52.6 Å². The van der Waals surface area contributed by atoms with Gasteiger partial charge in [0.05, 0.1) is 12.7 Å². The summed E-state index contributed by atoms with van der Waals surface area (Å²) in [5.74, 6) is 1.98. The minimum atomic E-state index is 0.357. The van der Waals surface area contributed by atoms with Crippen molar-refractivity contribution in [1.29, 1.82) is 0 Å². The number of piperidine rings is 1. The minimum Gasteiger partial charge on any atom is -0.493 e. The van der Waals surface area contributed by atoms with Crippen LogP contribution in [0.25, 0.3) is 0 Å². The van der Waals surface area contributed by atoms with Gasteiger partial charge in [-0.3, -0.25) is 4.99 Å². The molecule has 6 heteroatoms. The maximum absolute atomic E-state index is 6.01. The molecular formula is C23H39N3O3. The number of benzene rings is 1. The summed E-state index contributed by atoms with van der Waals surface area (Å²) in [4.78, 5) is 6.77. The van der Waals surface area contributed by atoms with Gasteiger partial charge in [0.1, 0.15) is 5.75 Å². The van der Waals surface area contributed by atoms with Crippen LogP contribution in [0.3, 0.4) is 0 Å². The molecule has 1 aromatic rings. The lowest BCUT2D eigenvalue weighted by molar-refractivity contribution is 0.00991. The van der Waals surface area contributed by atoms with Gasteiger partial charge in [-0.15, -0.1) is 0 Å². The van der Waals surface area contributed by atoms with Crippen molar-refractivity contribution >= 4 is 5.96 Å². The molecule has 0 aromatic heterocycles. The van der Waals surface area contributed by atoms with Crippen molar-refractivity contribution in [2.24, 2.45) is 4.99 Å². The molecule has 0 radical (unpaired) electrons. The SMILES string of the molecule is CN=C(NCCCOc1cc(C)cc(C)c1C)N1CCC(OCCCOC)CC1. The van der Waals surface area contributed by atoms with Gasteiger partial charge in [-0.05, 0) is 69.2 Å². The van der Waals surface area contributed by atoms with Crippen molar-refractivity contribution in [1.82, 2.24) is 10.2 Å². The van der Waals surface area contributed by atoms with Crippen molar-refractivity contribution < 1.29 is 14.2 Å². The lowest BCUT2D eigenvalue weighted by Gasteiger charge is -2.34. The zero-order valence-electron chi connectivity index (χ0n) is 18.9. The number of nitrogens with zero attached hydrogens (tertiary/aromatic N) is 2. The van der Waals surface area contributed by atoms with Crippen LogP contribution in [0.4, 0.5) is 0 Å². The Morgan fingerprint density at radius 1 is 1.10 bits per heavy atom. The first kappa shape index (κ1) is 23.5. The van der Waals surface area contributed by atoms with E-state index < -0.39 is 0 Å². The summed E-state index contributed by atoms with van der Waals surface area (Å²) in [6, 6.07) is 4.32. The summed E-state index contributed by atoms with van der Waals surface area (Å²) in [5.41, 5.74) is 3.75. The number of nitrogens with one attached hydrogen (secondary N) is 1. The maximum atomic E-state index is 6.01. The van der Waals surface area contributed by atoms with Gasteiger partial charge in [-0.2, -0.15) is 0 Å². The van der Waals surface area contributed by atoms with E-state index in [2.05, 4.69) is 48.1 Å². The summed E-state index contributed by atoms with van der Waals surface area (Å²) >= 11 is 0. The molecule has 0 atom stereocenters. The van der Waals surface area contributed by atoms with Gasteiger partial charge in [-0.1, -0.05) is 6.07 Å². The van der Waals surface area contributed by atoms with Crippen molar-refractivity contribution in [3.05, 3.63) is 28.8 Å². The van der Waals surface area contributed by atoms with E-state index in [4.69, 9.17) is 14.2 Å². The lowest BCUT2D eigenvalue weighted by atomic mass is 10.1. The van der Waals surface area contributed by atoms with E-state index in [0.717, 1.165) is 70.2 Å². The number of hydrogen-bond acceptors (Lipinski definition) is 4. The van der Waals surface area contributed by atoms with Crippen molar-refractivity contribution in [3.63, 3.8) is 0 Å². The fourth-order valence-corrected chi connectivity index (χ4v) is 3.63. The van der Waals surface area contributed by atoms with Gasteiger partial charge in [-0.25, -0.2) is 0 Å². The largest absolute Gasteiger partial charge is 0.493 e. The Labute approximate surface area is 176 Å². The van der Waals surface area contributed by atoms with Crippen LogP contribution in [-0.2, 0) is 9.47 Å². The fourth-order valence-electron chi connectivity index (χ4n) is 3.63. The molecule has 1 aliphatic rings. The topological polar surface area (TPSA) is 55.3 Å². The Hall–Kier alpha value is -1.79. The number of hydrogen-bond donors (Lipinski definition) is 1. The molecule has 29 heavy (non-hydrogen) atoms. The minimum absolute atomic E-state index is 0.357. The molecule has 1 N–H and O–H groups in total. The van der Waals surface area contributed by atoms with E-state index in [1.54, 1.807) is 7.11 Å². The van der Waals surface area contributed by atoms with E-state index in [-0.39, 0.29) is 0 Å². The lowest BCUT2D eigenvalue weighted by Crippen LogP contribution is -2.47. The zero-order valence-corrected chi connectivity index (χ0v) is 18.9. The highest BCUT2D eigenvalue weighted by Gasteiger charge is 2.21. The van der Waals surface area contributed by atoms with Gasteiger partial charge < -0.3 is 24.4 Å². The molecule has 6 nitrogen and oxygen atoms in total. The van der Waals surface area contributed by atoms with E-state index in [1.165, 1.54) is 16.7 Å². The highest BCUT2D eigenvalue weighted by molar-refractivity contribution is 5.79. The van der Waals surface area contributed by atoms with Crippen LogP contribution in [0, 0.1) is 20.8 Å². The molecule has 164 valence electrons. The molecule has 0 aliphatic carbocycles. The third-order valence-electron chi connectivity index (χ3n) is 5.43. The highest BCUT2D eigenvalue weighted by atomic mass is 16.5. The number of rotatable bonds is 10. The molecule has 2 rings (SSSR count). The molecule has 0 bridgehead atoms. The summed E-state index contributed by atoms with van der Waals surface area (Å²) in [6.07, 6.45) is 4.34. The van der Waals surface area contributed by atoms with Gasteiger partial charge in [0, 0.05) is 47.0 Å². The van der Waals surface area contributed by atoms with Crippen LogP contribution in [0.15, 0.2) is 17.1 Å². The van der Waals surface area contributed by atoms with Crippen LogP contribution < -0.4 is 10.1 Å². The first-order chi connectivity index (χ1) is 14.0. The molecule has 1 aliphatic heterocycles. The summed E-state index contributed by atoms with van der Waals surface area (Å²) in [6.45, 7) is 11.4. The smallest absolute Gasteiger partial charge is 0.193 e. The van der Waals surface area contributed by atoms with Crippen LogP contribution in [0.2, 0.25) is 0 Å². The second-order valence-electron chi connectivity index (χ2n) is 7.78. The molecule has 1 aromatic carbocycles. The normalized spacial score (nSPS) is 15.6. The molecule has 1 fully saturated rings. The molecule has 0 unspecified atom stereocenters. The van der Waals surface area contributed by atoms with Crippen molar-refractivity contribution in [3.8, 4) is 5.75 Å². The fraction of sp³-hybridized carbons (Fsp3) is 0.696. The Bertz CT molecular complexity index is 641. The average molecular weight is 406 g/mol. The molecule has 0 spiro atoms. The van der Waals surface area contributed by atoms with Gasteiger partial charge in [0.2, 0.25) is 0 Å². The van der Waals surface area contributed by atoms with E-state index in [0.29, 0.717) is 12.7 Å². The van der Waals surface area contributed by atoms with Gasteiger partial charge in [0.25, 0.3) is 0 Å². The molecule has 0 amide bonds. The molecule has 1 heterocycles. The van der Waals surface area contributed by atoms with E-state index in [1.807, 2.05) is 7.05 Å². The summed E-state index contributed by atoms with van der Waals surface area (Å²) < 4.78 is 17.0. The van der Waals surface area contributed by atoms with E-state index >= 15 is 0 Å². The summed E-state index contributed by atoms with van der Waals surface area (Å²) in [7, 11) is 3.58. The molecule has 1 saturated heterocycles. The average Bonchev–Trinajstić information content (AvgIpc) is 2.72. The quantitative estimate of drug-likeness (QED) is 0.367. The number of ether oxygens (including phenoxy) is 3. The maximum Gasteiger partial charge on any atom is 0.193 e. The number of guanidine groups is 1. The predicted octanol–water partition coefficient (Wildman–Crippen LogP) is 3.47. The van der Waals surface area contributed by atoms with Crippen LogP contribution in [0.1, 0.15) is 42.4 Å². The van der Waals surface area contributed by atoms with Gasteiger partial charge >= 0.3 is 0 Å². The van der Waals surface area contributed by atoms with Crippen LogP contribution in [0.5, 0.6) is 5.75 Å². The molecular weight excluding hydrogens is 366 g/mol. The highest BCUT2D eigenvalue weighted by Crippen LogP contribution is 2.23. The van der Waals surface area contributed by atoms with Crippen LogP contribution >= 0.6 is 0 Å². The third kappa shape index (κ3) is 7.86. The second kappa shape index (κ2) is 12.7. The Morgan fingerprint density at radius 2 is 1.86 bits per heavy atom. The Morgan fingerprint density at radius 3 is 2.55 bits per heavy atom. The predicted molar refractivity (Wildman–Crippen MR) is 119 cm³/mol. The first-order valence-electron chi connectivity index (χ1n) is 10.8. The van der Waals surface area contributed by atoms with Gasteiger partial charge in [0.15, 0.2) is 5.96 Å². The number of aryl methyl sites for hydroxylation is 2. The Kier molecular flexibility index (Phi) is 10.3. The second-order valence-corrected chi connectivity index (χ2v) is 7.78. The number of aliphatic imine (C=N–C) groups is 1. The number of likely N-dealkylation sites (tertiary alicyclic amines) is 1. The first-order valence-corrected chi connectivity index (χ1v) is 10.8. The molecule has 0 saturated carbocycles. The number of methoxy groups -OCH3 is 1.